The number of nitrogens with zero attached hydrogens (tertiary/aromatic N) is 2. The van der Waals surface area contributed by atoms with Gasteiger partial charge in [-0.25, -0.2) is 0 Å². The topological polar surface area (TPSA) is 57.1 Å². The first kappa shape index (κ1) is 16.0. The Hall–Kier alpha value is -2.53. The zero-order valence-corrected chi connectivity index (χ0v) is 15.1. The number of benzene rings is 1. The fourth-order valence-corrected chi connectivity index (χ4v) is 4.77. The minimum atomic E-state index is -0.309. The molecule has 0 spiro atoms. The van der Waals surface area contributed by atoms with Crippen molar-refractivity contribution in [3.8, 4) is 11.1 Å². The molecule has 3 heterocycles. The molecule has 2 aromatic heterocycles. The van der Waals surface area contributed by atoms with Gasteiger partial charge in [0.05, 0.1) is 0 Å². The molecular formula is C20H19N3OS. The Balaban J connectivity index is 1.83. The second-order valence-electron chi connectivity index (χ2n) is 6.89. The van der Waals surface area contributed by atoms with Crippen molar-refractivity contribution in [2.75, 3.05) is 7.05 Å². The summed E-state index contributed by atoms with van der Waals surface area (Å²) in [6.45, 7) is 2.10. The van der Waals surface area contributed by atoms with Gasteiger partial charge in [0.15, 0.2) is 0 Å². The van der Waals surface area contributed by atoms with E-state index in [0.29, 0.717) is 18.7 Å². The molecule has 1 amide bonds. The van der Waals surface area contributed by atoms with Gasteiger partial charge in [-0.2, -0.15) is 0 Å². The van der Waals surface area contributed by atoms with Crippen LogP contribution in [0.3, 0.4) is 0 Å². The number of hydrogen-bond donors (Lipinski definition) is 1. The summed E-state index contributed by atoms with van der Waals surface area (Å²) in [6, 6.07) is 12.5. The van der Waals surface area contributed by atoms with Crippen molar-refractivity contribution in [1.29, 1.82) is 5.41 Å². The van der Waals surface area contributed by atoms with Crippen LogP contribution in [-0.4, -0.2) is 28.7 Å². The lowest BCUT2D eigenvalue weighted by Gasteiger charge is -2.36. The zero-order chi connectivity index (χ0) is 17.6. The van der Waals surface area contributed by atoms with E-state index in [9.17, 15) is 4.79 Å². The van der Waals surface area contributed by atoms with Crippen LogP contribution >= 0.6 is 11.3 Å². The number of nitrogens with one attached hydrogen (secondary N) is 1. The van der Waals surface area contributed by atoms with Crippen LogP contribution in [0.25, 0.3) is 21.2 Å². The highest BCUT2D eigenvalue weighted by Crippen LogP contribution is 2.44. The van der Waals surface area contributed by atoms with E-state index in [1.807, 2.05) is 12.3 Å². The first-order valence-corrected chi connectivity index (χ1v) is 9.07. The van der Waals surface area contributed by atoms with Crippen molar-refractivity contribution >= 4 is 33.2 Å². The van der Waals surface area contributed by atoms with Gasteiger partial charge < -0.3 is 4.90 Å². The molecule has 126 valence electrons. The third-order valence-corrected chi connectivity index (χ3v) is 6.48. The number of carbonyl (C=O) groups is 1. The molecule has 3 aromatic rings. The first-order chi connectivity index (χ1) is 12.0. The highest BCUT2D eigenvalue weighted by atomic mass is 32.1. The predicted octanol–water partition coefficient (Wildman–Crippen LogP) is 4.45. The molecule has 1 N–H and O–H groups in total. The van der Waals surface area contributed by atoms with E-state index in [-0.39, 0.29) is 11.3 Å². The third kappa shape index (κ3) is 2.65. The Labute approximate surface area is 150 Å². The summed E-state index contributed by atoms with van der Waals surface area (Å²) in [5.74, 6) is 0.410. The predicted molar refractivity (Wildman–Crippen MR) is 102 cm³/mol. The van der Waals surface area contributed by atoms with Gasteiger partial charge in [0, 0.05) is 58.4 Å². The fraction of sp³-hybridized carbons (Fsp3) is 0.250. The van der Waals surface area contributed by atoms with Crippen LogP contribution in [0.4, 0.5) is 0 Å². The summed E-state index contributed by atoms with van der Waals surface area (Å²) in [6.07, 6.45) is 4.69. The summed E-state index contributed by atoms with van der Waals surface area (Å²) in [5.41, 5.74) is 1.95. The van der Waals surface area contributed by atoms with Crippen LogP contribution in [0.15, 0.2) is 48.8 Å². The number of rotatable bonds is 2. The molecule has 0 radical (unpaired) electrons. The Bertz CT molecular complexity index is 959. The lowest BCUT2D eigenvalue weighted by molar-refractivity contribution is -0.128. The normalized spacial score (nSPS) is 21.1. The molecule has 0 bridgehead atoms. The monoisotopic (exact) mass is 349 g/mol. The molecule has 0 unspecified atom stereocenters. The molecule has 4 nitrogen and oxygen atoms in total. The third-order valence-electron chi connectivity index (χ3n) is 4.99. The van der Waals surface area contributed by atoms with E-state index in [4.69, 9.17) is 5.41 Å². The standard InChI is InChI=1S/C20H19N3OS/c1-20(10-17(21)23(2)18(24)11-20)16-9-13-5-3-7-15(19(13)25-16)14-6-4-8-22-12-14/h3-9,12,21H,10-11H2,1-2H3/t20-/m0/s1. The number of pyridine rings is 1. The average molecular weight is 349 g/mol. The minimum Gasteiger partial charge on any atom is -0.304 e. The number of amidine groups is 1. The van der Waals surface area contributed by atoms with Crippen LogP contribution in [-0.2, 0) is 10.2 Å². The van der Waals surface area contributed by atoms with Crippen molar-refractivity contribution in [1.82, 2.24) is 9.88 Å². The molecule has 5 heteroatoms. The van der Waals surface area contributed by atoms with Crippen molar-refractivity contribution in [2.24, 2.45) is 0 Å². The van der Waals surface area contributed by atoms with Crippen LogP contribution < -0.4 is 0 Å². The molecule has 1 saturated heterocycles. The van der Waals surface area contributed by atoms with Crippen molar-refractivity contribution in [3.05, 3.63) is 53.7 Å². The molecular weight excluding hydrogens is 330 g/mol. The maximum atomic E-state index is 12.3. The maximum absolute atomic E-state index is 12.3. The Morgan fingerprint density at radius 2 is 2.08 bits per heavy atom. The molecule has 4 rings (SSSR count). The molecule has 25 heavy (non-hydrogen) atoms. The van der Waals surface area contributed by atoms with Gasteiger partial charge in [0.2, 0.25) is 5.91 Å². The van der Waals surface area contributed by atoms with Crippen LogP contribution in [0.5, 0.6) is 0 Å². The molecule has 1 atom stereocenters. The number of piperidine rings is 1. The van der Waals surface area contributed by atoms with Crippen LogP contribution in [0, 0.1) is 5.41 Å². The minimum absolute atomic E-state index is 0.0173. The first-order valence-electron chi connectivity index (χ1n) is 8.25. The van der Waals surface area contributed by atoms with Crippen LogP contribution in [0.1, 0.15) is 24.6 Å². The van der Waals surface area contributed by atoms with Crippen molar-refractivity contribution in [2.45, 2.75) is 25.2 Å². The Kier molecular flexibility index (Phi) is 3.69. The second kappa shape index (κ2) is 5.77. The van der Waals surface area contributed by atoms with Crippen molar-refractivity contribution in [3.63, 3.8) is 0 Å². The smallest absolute Gasteiger partial charge is 0.228 e. The highest BCUT2D eigenvalue weighted by molar-refractivity contribution is 7.19. The Morgan fingerprint density at radius 3 is 2.80 bits per heavy atom. The van der Waals surface area contributed by atoms with Gasteiger partial charge in [-0.3, -0.25) is 15.2 Å². The number of fused-ring (bicyclic) bond motifs is 1. The van der Waals surface area contributed by atoms with E-state index >= 15 is 0 Å². The van der Waals surface area contributed by atoms with Gasteiger partial charge in [-0.05, 0) is 17.5 Å². The van der Waals surface area contributed by atoms with Gasteiger partial charge in [-0.1, -0.05) is 31.2 Å². The Morgan fingerprint density at radius 1 is 1.24 bits per heavy atom. The van der Waals surface area contributed by atoms with Crippen molar-refractivity contribution < 1.29 is 4.79 Å². The summed E-state index contributed by atoms with van der Waals surface area (Å²) in [7, 11) is 1.69. The second-order valence-corrected chi connectivity index (χ2v) is 7.94. The lowest BCUT2D eigenvalue weighted by atomic mass is 9.78. The van der Waals surface area contributed by atoms with E-state index in [0.717, 1.165) is 5.56 Å². The summed E-state index contributed by atoms with van der Waals surface area (Å²) >= 11 is 1.73. The molecule has 0 saturated carbocycles. The van der Waals surface area contributed by atoms with E-state index < -0.39 is 0 Å². The van der Waals surface area contributed by atoms with E-state index in [2.05, 4.69) is 42.2 Å². The van der Waals surface area contributed by atoms with Gasteiger partial charge in [-0.15, -0.1) is 11.3 Å². The number of carbonyl (C=O) groups excluding carboxylic acids is 1. The quantitative estimate of drug-likeness (QED) is 0.743. The van der Waals surface area contributed by atoms with Gasteiger partial charge >= 0.3 is 0 Å². The van der Waals surface area contributed by atoms with Gasteiger partial charge in [0.25, 0.3) is 0 Å². The molecule has 1 aromatic carbocycles. The highest BCUT2D eigenvalue weighted by Gasteiger charge is 2.39. The molecule has 1 aliphatic rings. The molecule has 1 fully saturated rings. The number of likely N-dealkylation sites (tertiary alicyclic amines) is 1. The largest absolute Gasteiger partial charge is 0.304 e. The number of hydrogen-bond acceptors (Lipinski definition) is 4. The number of amides is 1. The number of thiophene rings is 1. The molecule has 1 aliphatic heterocycles. The van der Waals surface area contributed by atoms with Gasteiger partial charge in [0.1, 0.15) is 5.84 Å². The summed E-state index contributed by atoms with van der Waals surface area (Å²) < 4.78 is 1.21. The fourth-order valence-electron chi connectivity index (χ4n) is 3.44. The number of aromatic nitrogens is 1. The summed E-state index contributed by atoms with van der Waals surface area (Å²) in [4.78, 5) is 19.2. The van der Waals surface area contributed by atoms with E-state index in [1.165, 1.54) is 25.4 Å². The maximum Gasteiger partial charge on any atom is 0.228 e. The lowest BCUT2D eigenvalue weighted by Crippen LogP contribution is -2.46. The zero-order valence-electron chi connectivity index (χ0n) is 14.2. The van der Waals surface area contributed by atoms with E-state index in [1.54, 1.807) is 24.6 Å². The average Bonchev–Trinajstić information content (AvgIpc) is 3.05. The van der Waals surface area contributed by atoms with Crippen LogP contribution in [0.2, 0.25) is 0 Å². The molecule has 0 aliphatic carbocycles. The summed E-state index contributed by atoms with van der Waals surface area (Å²) in [5, 5.41) is 9.32. The SMILES string of the molecule is CN1C(=N)C[C@](C)(c2cc3cccc(-c4cccnc4)c3s2)CC1=O.